The molecule has 0 aliphatic rings. The molecule has 3 nitrogen and oxygen atoms in total. The third-order valence-electron chi connectivity index (χ3n) is 1.92. The molecule has 4 heteroatoms. The number of allylic oxidation sites excluding steroid dienone is 1. The fourth-order valence-electron chi connectivity index (χ4n) is 1.24. The van der Waals surface area contributed by atoms with Crippen LogP contribution >= 0.6 is 0 Å². The molecule has 0 unspecified atom stereocenters. The van der Waals surface area contributed by atoms with Crippen molar-refractivity contribution < 1.29 is 14.3 Å². The van der Waals surface area contributed by atoms with Crippen molar-refractivity contribution in [2.45, 2.75) is 12.8 Å². The Hall–Kier alpha value is -2.15. The van der Waals surface area contributed by atoms with Crippen molar-refractivity contribution in [3.05, 3.63) is 41.2 Å². The number of rotatable bonds is 4. The summed E-state index contributed by atoms with van der Waals surface area (Å²) in [5.74, 6) is -1.39. The van der Waals surface area contributed by atoms with Crippen molar-refractivity contribution in [1.82, 2.24) is 0 Å². The summed E-state index contributed by atoms with van der Waals surface area (Å²) in [7, 11) is 0. The third kappa shape index (κ3) is 3.54. The van der Waals surface area contributed by atoms with Crippen LogP contribution < -0.4 is 0 Å². The zero-order valence-electron chi connectivity index (χ0n) is 8.48. The number of nitrogens with zero attached hydrogens (tertiary/aromatic N) is 1. The number of hydrogen-bond acceptors (Lipinski definition) is 2. The van der Waals surface area contributed by atoms with Gasteiger partial charge in [0.05, 0.1) is 18.9 Å². The van der Waals surface area contributed by atoms with Gasteiger partial charge in [-0.2, -0.15) is 5.26 Å². The molecule has 0 atom stereocenters. The van der Waals surface area contributed by atoms with Crippen LogP contribution in [0.3, 0.4) is 0 Å². The maximum absolute atomic E-state index is 13.3. The summed E-state index contributed by atoms with van der Waals surface area (Å²) >= 11 is 0. The Kier molecular flexibility index (Phi) is 4.22. The van der Waals surface area contributed by atoms with Crippen LogP contribution in [0.2, 0.25) is 0 Å². The standard InChI is InChI=1S/C12H10FNO2/c13-11-5-4-9(8-12(15)16)7-10(11)3-1-2-6-14/h1,3-5,7H,2,8H2,(H,15,16). The summed E-state index contributed by atoms with van der Waals surface area (Å²) in [6.07, 6.45) is 3.06. The first kappa shape index (κ1) is 11.9. The molecule has 1 N–H and O–H groups in total. The maximum atomic E-state index is 13.3. The van der Waals surface area contributed by atoms with E-state index in [-0.39, 0.29) is 12.8 Å². The largest absolute Gasteiger partial charge is 0.481 e. The van der Waals surface area contributed by atoms with Gasteiger partial charge in [0, 0.05) is 5.56 Å². The van der Waals surface area contributed by atoms with Crippen molar-refractivity contribution in [2.75, 3.05) is 0 Å². The molecule has 0 saturated heterocycles. The molecular formula is C12H10FNO2. The molecule has 0 saturated carbocycles. The molecule has 0 aliphatic carbocycles. The quantitative estimate of drug-likeness (QED) is 0.845. The van der Waals surface area contributed by atoms with Gasteiger partial charge in [-0.3, -0.25) is 4.79 Å². The minimum atomic E-state index is -0.960. The minimum absolute atomic E-state index is 0.140. The van der Waals surface area contributed by atoms with Crippen LogP contribution in [0.15, 0.2) is 24.3 Å². The number of hydrogen-bond donors (Lipinski definition) is 1. The van der Waals surface area contributed by atoms with Gasteiger partial charge in [0.2, 0.25) is 0 Å². The van der Waals surface area contributed by atoms with E-state index in [1.54, 1.807) is 0 Å². The number of aliphatic carboxylic acids is 1. The predicted molar refractivity (Wildman–Crippen MR) is 57.0 cm³/mol. The van der Waals surface area contributed by atoms with E-state index in [1.807, 2.05) is 6.07 Å². The Morgan fingerprint density at radius 2 is 2.31 bits per heavy atom. The lowest BCUT2D eigenvalue weighted by Crippen LogP contribution is -2.00. The van der Waals surface area contributed by atoms with Gasteiger partial charge in [0.25, 0.3) is 0 Å². The zero-order chi connectivity index (χ0) is 12.0. The van der Waals surface area contributed by atoms with E-state index in [2.05, 4.69) is 0 Å². The number of carboxylic acids is 1. The highest BCUT2D eigenvalue weighted by Gasteiger charge is 2.04. The van der Waals surface area contributed by atoms with Crippen LogP contribution in [-0.2, 0) is 11.2 Å². The average molecular weight is 219 g/mol. The van der Waals surface area contributed by atoms with Gasteiger partial charge in [-0.05, 0) is 17.7 Å². The van der Waals surface area contributed by atoms with Crippen molar-refractivity contribution in [2.24, 2.45) is 0 Å². The number of halogens is 1. The number of carboxylic acid groups (broad SMARTS) is 1. The van der Waals surface area contributed by atoms with Crippen LogP contribution in [-0.4, -0.2) is 11.1 Å². The van der Waals surface area contributed by atoms with Crippen LogP contribution in [0.4, 0.5) is 4.39 Å². The lowest BCUT2D eigenvalue weighted by atomic mass is 10.1. The Morgan fingerprint density at radius 1 is 1.56 bits per heavy atom. The van der Waals surface area contributed by atoms with Crippen LogP contribution in [0.25, 0.3) is 6.08 Å². The topological polar surface area (TPSA) is 61.1 Å². The van der Waals surface area contributed by atoms with Crippen LogP contribution in [0.5, 0.6) is 0 Å². The normalized spacial score (nSPS) is 10.2. The Labute approximate surface area is 92.4 Å². The second-order valence-electron chi connectivity index (χ2n) is 3.19. The summed E-state index contributed by atoms with van der Waals surface area (Å²) in [5.41, 5.74) is 0.833. The van der Waals surface area contributed by atoms with Gasteiger partial charge in [-0.25, -0.2) is 4.39 Å². The molecule has 82 valence electrons. The number of carbonyl (C=O) groups is 1. The van der Waals surface area contributed by atoms with Crippen molar-refractivity contribution in [3.63, 3.8) is 0 Å². The summed E-state index contributed by atoms with van der Waals surface area (Å²) < 4.78 is 13.3. The van der Waals surface area contributed by atoms with E-state index in [9.17, 15) is 9.18 Å². The number of nitriles is 1. The second kappa shape index (κ2) is 5.66. The van der Waals surface area contributed by atoms with E-state index in [0.29, 0.717) is 11.1 Å². The summed E-state index contributed by atoms with van der Waals surface area (Å²) in [6.45, 7) is 0. The average Bonchev–Trinajstić information content (AvgIpc) is 2.22. The minimum Gasteiger partial charge on any atom is -0.481 e. The molecular weight excluding hydrogens is 209 g/mol. The van der Waals surface area contributed by atoms with E-state index < -0.39 is 11.8 Å². The van der Waals surface area contributed by atoms with Gasteiger partial charge in [-0.1, -0.05) is 18.2 Å². The fourth-order valence-corrected chi connectivity index (χ4v) is 1.24. The molecule has 0 heterocycles. The van der Waals surface area contributed by atoms with Gasteiger partial charge in [0.15, 0.2) is 0 Å². The zero-order valence-corrected chi connectivity index (χ0v) is 8.48. The fraction of sp³-hybridized carbons (Fsp3) is 0.167. The first-order chi connectivity index (χ1) is 7.63. The van der Waals surface area contributed by atoms with Crippen molar-refractivity contribution in [1.29, 1.82) is 5.26 Å². The molecule has 0 aliphatic heterocycles. The van der Waals surface area contributed by atoms with Crippen LogP contribution in [0, 0.1) is 17.1 Å². The molecule has 0 amide bonds. The van der Waals surface area contributed by atoms with E-state index in [1.165, 1.54) is 30.4 Å². The summed E-state index contributed by atoms with van der Waals surface area (Å²) in [5, 5.41) is 16.9. The Morgan fingerprint density at radius 3 is 2.94 bits per heavy atom. The molecule has 0 bridgehead atoms. The first-order valence-electron chi connectivity index (χ1n) is 4.67. The van der Waals surface area contributed by atoms with Crippen molar-refractivity contribution >= 4 is 12.0 Å². The molecule has 16 heavy (non-hydrogen) atoms. The highest BCUT2D eigenvalue weighted by molar-refractivity contribution is 5.70. The molecule has 1 aromatic carbocycles. The van der Waals surface area contributed by atoms with Gasteiger partial charge >= 0.3 is 5.97 Å². The number of benzene rings is 1. The highest BCUT2D eigenvalue weighted by Crippen LogP contribution is 2.13. The van der Waals surface area contributed by atoms with Crippen LogP contribution in [0.1, 0.15) is 17.5 Å². The second-order valence-corrected chi connectivity index (χ2v) is 3.19. The predicted octanol–water partition coefficient (Wildman–Crippen LogP) is 2.38. The van der Waals surface area contributed by atoms with E-state index in [0.717, 1.165) is 0 Å². The molecule has 0 fully saturated rings. The summed E-state index contributed by atoms with van der Waals surface area (Å²) in [4.78, 5) is 10.5. The SMILES string of the molecule is N#CCC=Cc1cc(CC(=O)O)ccc1F. The maximum Gasteiger partial charge on any atom is 0.307 e. The molecule has 1 aromatic rings. The first-order valence-corrected chi connectivity index (χ1v) is 4.67. The lowest BCUT2D eigenvalue weighted by Gasteiger charge is -2.00. The molecule has 0 aromatic heterocycles. The summed E-state index contributed by atoms with van der Waals surface area (Å²) in [6, 6.07) is 6.03. The van der Waals surface area contributed by atoms with Crippen molar-refractivity contribution in [3.8, 4) is 6.07 Å². The molecule has 0 radical (unpaired) electrons. The third-order valence-corrected chi connectivity index (χ3v) is 1.92. The lowest BCUT2D eigenvalue weighted by molar-refractivity contribution is -0.136. The van der Waals surface area contributed by atoms with E-state index >= 15 is 0 Å². The molecule has 1 rings (SSSR count). The monoisotopic (exact) mass is 219 g/mol. The molecule has 0 spiro atoms. The van der Waals surface area contributed by atoms with Gasteiger partial charge in [-0.15, -0.1) is 0 Å². The smallest absolute Gasteiger partial charge is 0.307 e. The highest BCUT2D eigenvalue weighted by atomic mass is 19.1. The van der Waals surface area contributed by atoms with Gasteiger partial charge < -0.3 is 5.11 Å². The Bertz CT molecular complexity index is 461. The van der Waals surface area contributed by atoms with Gasteiger partial charge in [0.1, 0.15) is 5.82 Å². The Balaban J connectivity index is 2.91. The van der Waals surface area contributed by atoms with E-state index in [4.69, 9.17) is 10.4 Å².